The molecule has 1 saturated heterocycles. The van der Waals surface area contributed by atoms with Crippen molar-refractivity contribution in [1.82, 2.24) is 29.1 Å². The maximum absolute atomic E-state index is 12.1. The molecule has 9 heteroatoms. The highest BCUT2D eigenvalue weighted by molar-refractivity contribution is 7.84. The lowest BCUT2D eigenvalue weighted by molar-refractivity contribution is 0.190. The highest BCUT2D eigenvalue weighted by Crippen LogP contribution is 2.32. The molecule has 0 aromatic carbocycles. The third kappa shape index (κ3) is 3.87. The smallest absolute Gasteiger partial charge is 0.139 e. The average molecular weight is 426 g/mol. The van der Waals surface area contributed by atoms with E-state index in [1.807, 2.05) is 12.4 Å². The second-order valence-corrected chi connectivity index (χ2v) is 9.80. The first-order valence-electron chi connectivity index (χ1n) is 10.8. The molecular weight excluding hydrogens is 398 g/mol. The van der Waals surface area contributed by atoms with Gasteiger partial charge >= 0.3 is 0 Å². The van der Waals surface area contributed by atoms with Crippen LogP contribution in [0.4, 0.5) is 0 Å². The van der Waals surface area contributed by atoms with Crippen molar-refractivity contribution in [3.63, 3.8) is 0 Å². The van der Waals surface area contributed by atoms with Crippen LogP contribution in [0.3, 0.4) is 0 Å². The number of nitrogens with zero attached hydrogens (tertiary/aromatic N) is 5. The number of aromatic nitrogens is 4. The predicted molar refractivity (Wildman–Crippen MR) is 117 cm³/mol. The molecule has 2 aliphatic rings. The maximum atomic E-state index is 12.1. The Morgan fingerprint density at radius 3 is 2.90 bits per heavy atom. The minimum Gasteiger partial charge on any atom is -0.346 e. The Bertz CT molecular complexity index is 1100. The van der Waals surface area contributed by atoms with Gasteiger partial charge in [0.25, 0.3) is 0 Å². The third-order valence-electron chi connectivity index (χ3n) is 6.19. The molecule has 2 N–H and O–H groups in total. The Morgan fingerprint density at radius 2 is 2.13 bits per heavy atom. The van der Waals surface area contributed by atoms with Crippen LogP contribution < -0.4 is 4.72 Å². The largest absolute Gasteiger partial charge is 0.346 e. The summed E-state index contributed by atoms with van der Waals surface area (Å²) in [5.41, 5.74) is 2.96. The van der Waals surface area contributed by atoms with Crippen LogP contribution in [-0.4, -0.2) is 60.1 Å². The molecule has 0 bridgehead atoms. The van der Waals surface area contributed by atoms with E-state index < -0.39 is 11.0 Å². The van der Waals surface area contributed by atoms with Crippen LogP contribution in [0, 0.1) is 11.3 Å². The Morgan fingerprint density at radius 1 is 1.30 bits per heavy atom. The summed E-state index contributed by atoms with van der Waals surface area (Å²) in [6.45, 7) is 3.51. The summed E-state index contributed by atoms with van der Waals surface area (Å²) in [7, 11) is -0.925. The highest BCUT2D eigenvalue weighted by Gasteiger charge is 2.29. The quantitative estimate of drug-likeness (QED) is 0.577. The van der Waals surface area contributed by atoms with Gasteiger partial charge in [0.1, 0.15) is 17.0 Å². The zero-order valence-electron chi connectivity index (χ0n) is 17.0. The third-order valence-corrected chi connectivity index (χ3v) is 7.76. The fraction of sp³-hybridized carbons (Fsp3) is 0.571. The van der Waals surface area contributed by atoms with Crippen LogP contribution in [-0.2, 0) is 17.4 Å². The van der Waals surface area contributed by atoms with E-state index in [2.05, 4.69) is 36.3 Å². The molecule has 3 aromatic heterocycles. The normalized spacial score (nSPS) is 19.4. The second kappa shape index (κ2) is 8.46. The van der Waals surface area contributed by atoms with Crippen LogP contribution >= 0.6 is 0 Å². The van der Waals surface area contributed by atoms with E-state index in [0.717, 1.165) is 79.6 Å². The lowest BCUT2D eigenvalue weighted by atomic mass is 10.0. The van der Waals surface area contributed by atoms with Gasteiger partial charge in [-0.05, 0) is 31.7 Å². The number of hydrogen-bond acceptors (Lipinski definition) is 5. The standard InChI is InChI=1S/C21H27N7OS/c22-8-1-11-27-12-6-15(7-13-27)28-19(5-10-25-30(29)16-2-3-16)26-18-14-24-21-17(20(18)28)4-9-23-21/h4,9,14-16,25H,1-3,5-7,10-13H2,(H,23,24). The van der Waals surface area contributed by atoms with Crippen molar-refractivity contribution >= 4 is 33.1 Å². The summed E-state index contributed by atoms with van der Waals surface area (Å²) in [5.74, 6) is 1.04. The van der Waals surface area contributed by atoms with Gasteiger partial charge in [-0.2, -0.15) is 5.26 Å². The monoisotopic (exact) mass is 425 g/mol. The zero-order valence-corrected chi connectivity index (χ0v) is 17.8. The minimum absolute atomic E-state index is 0.338. The number of imidazole rings is 1. The second-order valence-electron chi connectivity index (χ2n) is 8.25. The van der Waals surface area contributed by atoms with Crippen LogP contribution in [0.15, 0.2) is 18.5 Å². The topological polar surface area (TPSA) is 103 Å². The highest BCUT2D eigenvalue weighted by atomic mass is 32.2. The van der Waals surface area contributed by atoms with Crippen molar-refractivity contribution in [2.45, 2.75) is 49.8 Å². The van der Waals surface area contributed by atoms with Gasteiger partial charge in [0, 0.05) is 61.9 Å². The van der Waals surface area contributed by atoms with Gasteiger partial charge in [-0.3, -0.25) is 0 Å². The van der Waals surface area contributed by atoms with Gasteiger partial charge in [0.2, 0.25) is 0 Å². The first-order valence-corrected chi connectivity index (χ1v) is 12.0. The van der Waals surface area contributed by atoms with Crippen molar-refractivity contribution in [2.24, 2.45) is 0 Å². The molecular formula is C21H27N7OS. The molecule has 30 heavy (non-hydrogen) atoms. The average Bonchev–Trinajstić information content (AvgIpc) is 3.39. The summed E-state index contributed by atoms with van der Waals surface area (Å²) in [6, 6.07) is 4.70. The van der Waals surface area contributed by atoms with Crippen molar-refractivity contribution in [3.8, 4) is 6.07 Å². The molecule has 8 nitrogen and oxygen atoms in total. The SMILES string of the molecule is N#CCCN1CCC(n2c(CCNS(=O)C3CC3)nc3cnc4[nH]ccc4c32)CC1. The van der Waals surface area contributed by atoms with E-state index >= 15 is 0 Å². The summed E-state index contributed by atoms with van der Waals surface area (Å²) in [6.07, 6.45) is 9.33. The number of aromatic amines is 1. The Labute approximate surface area is 178 Å². The Balaban J connectivity index is 1.42. The zero-order chi connectivity index (χ0) is 20.5. The molecule has 1 atom stereocenters. The number of pyridine rings is 1. The van der Waals surface area contributed by atoms with Gasteiger partial charge in [-0.15, -0.1) is 0 Å². The molecule has 1 aliphatic carbocycles. The molecule has 0 spiro atoms. The van der Waals surface area contributed by atoms with Crippen LogP contribution in [0.2, 0.25) is 0 Å². The number of likely N-dealkylation sites (tertiary alicyclic amines) is 1. The summed E-state index contributed by atoms with van der Waals surface area (Å²) in [4.78, 5) is 15.1. The van der Waals surface area contributed by atoms with E-state index in [4.69, 9.17) is 10.2 Å². The van der Waals surface area contributed by atoms with E-state index in [9.17, 15) is 4.21 Å². The Hall–Kier alpha value is -2.28. The molecule has 3 aromatic rings. The Kier molecular flexibility index (Phi) is 5.54. The fourth-order valence-electron chi connectivity index (χ4n) is 4.48. The molecule has 4 heterocycles. The van der Waals surface area contributed by atoms with Crippen molar-refractivity contribution in [3.05, 3.63) is 24.3 Å². The molecule has 158 valence electrons. The van der Waals surface area contributed by atoms with Crippen LogP contribution in [0.1, 0.15) is 44.0 Å². The number of nitriles is 1. The summed E-state index contributed by atoms with van der Waals surface area (Å²) in [5, 5.41) is 10.3. The van der Waals surface area contributed by atoms with Gasteiger partial charge in [-0.1, -0.05) is 0 Å². The van der Waals surface area contributed by atoms with Crippen LogP contribution in [0.5, 0.6) is 0 Å². The van der Waals surface area contributed by atoms with E-state index in [0.29, 0.717) is 24.3 Å². The van der Waals surface area contributed by atoms with Crippen molar-refractivity contribution in [1.29, 1.82) is 5.26 Å². The van der Waals surface area contributed by atoms with Crippen molar-refractivity contribution < 1.29 is 4.21 Å². The summed E-state index contributed by atoms with van der Waals surface area (Å²) < 4.78 is 17.7. The molecule has 5 rings (SSSR count). The van der Waals surface area contributed by atoms with Crippen molar-refractivity contribution in [2.75, 3.05) is 26.2 Å². The number of fused-ring (bicyclic) bond motifs is 3. The summed E-state index contributed by atoms with van der Waals surface area (Å²) >= 11 is 0. The van der Waals surface area contributed by atoms with Gasteiger partial charge in [0.15, 0.2) is 0 Å². The number of H-pyrrole nitrogens is 1. The molecule has 1 saturated carbocycles. The lowest BCUT2D eigenvalue weighted by Crippen LogP contribution is -2.35. The molecule has 0 amide bonds. The number of rotatable bonds is 8. The maximum Gasteiger partial charge on any atom is 0.139 e. The first-order chi connectivity index (χ1) is 14.7. The fourth-order valence-corrected chi connectivity index (χ4v) is 5.59. The molecule has 2 fully saturated rings. The molecule has 0 radical (unpaired) electrons. The van der Waals surface area contributed by atoms with Gasteiger partial charge < -0.3 is 14.5 Å². The van der Waals surface area contributed by atoms with Gasteiger partial charge in [0.05, 0.1) is 28.8 Å². The van der Waals surface area contributed by atoms with E-state index in [1.165, 1.54) is 0 Å². The first kappa shape index (κ1) is 19.7. The van der Waals surface area contributed by atoms with E-state index in [1.54, 1.807) is 0 Å². The lowest BCUT2D eigenvalue weighted by Gasteiger charge is -2.33. The molecule has 1 unspecified atom stereocenters. The van der Waals surface area contributed by atoms with E-state index in [-0.39, 0.29) is 0 Å². The predicted octanol–water partition coefficient (Wildman–Crippen LogP) is 2.42. The minimum atomic E-state index is -0.925. The van der Waals surface area contributed by atoms with Gasteiger partial charge in [-0.25, -0.2) is 18.9 Å². The number of nitrogens with one attached hydrogen (secondary N) is 2. The number of hydrogen-bond donors (Lipinski definition) is 2. The molecule has 1 aliphatic heterocycles. The van der Waals surface area contributed by atoms with Crippen LogP contribution in [0.25, 0.3) is 22.1 Å². The number of piperidine rings is 1.